The molecule has 0 saturated heterocycles. The van der Waals surface area contributed by atoms with Crippen LogP contribution in [0.25, 0.3) is 0 Å². The maximum Gasteiger partial charge on any atom is 0.319 e. The molecule has 0 radical (unpaired) electrons. The number of hydrogen-bond donors (Lipinski definition) is 1. The van der Waals surface area contributed by atoms with Crippen molar-refractivity contribution in [2.24, 2.45) is 5.41 Å². The molecule has 0 atom stereocenters. The zero-order valence-electron chi connectivity index (χ0n) is 10.7. The Hall–Kier alpha value is -1.91. The lowest BCUT2D eigenvalue weighted by Gasteiger charge is -2.21. The summed E-state index contributed by atoms with van der Waals surface area (Å²) in [6.45, 7) is 0.430. The van der Waals surface area contributed by atoms with Crippen LogP contribution >= 0.6 is 0 Å². The van der Waals surface area contributed by atoms with Gasteiger partial charge in [-0.15, -0.1) is 0 Å². The zero-order chi connectivity index (χ0) is 14.0. The third-order valence-corrected chi connectivity index (χ3v) is 3.56. The van der Waals surface area contributed by atoms with Crippen molar-refractivity contribution in [3.8, 4) is 0 Å². The normalized spacial score (nSPS) is 15.9. The van der Waals surface area contributed by atoms with Crippen molar-refractivity contribution >= 4 is 11.9 Å². The number of halogens is 1. The van der Waals surface area contributed by atoms with Crippen LogP contribution in [-0.2, 0) is 16.0 Å². The summed E-state index contributed by atoms with van der Waals surface area (Å²) in [6, 6.07) is 6.07. The van der Waals surface area contributed by atoms with E-state index in [9.17, 15) is 14.0 Å². The Labute approximate surface area is 110 Å². The third kappa shape index (κ3) is 2.75. The molecular formula is C14H16FNO3. The highest BCUT2D eigenvalue weighted by Crippen LogP contribution is 2.47. The van der Waals surface area contributed by atoms with Crippen LogP contribution in [0.2, 0.25) is 0 Å². The van der Waals surface area contributed by atoms with Gasteiger partial charge in [0.2, 0.25) is 5.91 Å². The van der Waals surface area contributed by atoms with Crippen LogP contribution in [0, 0.1) is 11.2 Å². The van der Waals surface area contributed by atoms with Gasteiger partial charge in [0, 0.05) is 13.6 Å². The maximum atomic E-state index is 12.7. The van der Waals surface area contributed by atoms with E-state index in [1.165, 1.54) is 17.0 Å². The first-order valence-corrected chi connectivity index (χ1v) is 6.19. The van der Waals surface area contributed by atoms with E-state index in [-0.39, 0.29) is 11.7 Å². The molecule has 0 bridgehead atoms. The highest BCUT2D eigenvalue weighted by molar-refractivity contribution is 6.04. The van der Waals surface area contributed by atoms with E-state index in [4.69, 9.17) is 5.11 Å². The number of amides is 1. The van der Waals surface area contributed by atoms with Gasteiger partial charge in [0.1, 0.15) is 11.2 Å². The summed E-state index contributed by atoms with van der Waals surface area (Å²) < 4.78 is 12.7. The summed E-state index contributed by atoms with van der Waals surface area (Å²) in [6.07, 6.45) is 1.42. The maximum absolute atomic E-state index is 12.7. The van der Waals surface area contributed by atoms with Crippen LogP contribution in [0.1, 0.15) is 18.4 Å². The Balaban J connectivity index is 1.91. The Bertz CT molecular complexity index is 494. The molecule has 1 aromatic rings. The second kappa shape index (κ2) is 4.99. The van der Waals surface area contributed by atoms with Crippen LogP contribution in [0.15, 0.2) is 24.3 Å². The van der Waals surface area contributed by atoms with Gasteiger partial charge in [-0.2, -0.15) is 0 Å². The zero-order valence-corrected chi connectivity index (χ0v) is 10.7. The van der Waals surface area contributed by atoms with Crippen molar-refractivity contribution in [2.75, 3.05) is 13.6 Å². The third-order valence-electron chi connectivity index (χ3n) is 3.56. The van der Waals surface area contributed by atoms with Crippen molar-refractivity contribution < 1.29 is 19.1 Å². The van der Waals surface area contributed by atoms with Crippen LogP contribution in [-0.4, -0.2) is 35.5 Å². The summed E-state index contributed by atoms with van der Waals surface area (Å²) in [5.74, 6) is -1.66. The second-order valence-electron chi connectivity index (χ2n) is 4.99. The van der Waals surface area contributed by atoms with Crippen molar-refractivity contribution in [3.05, 3.63) is 35.6 Å². The number of nitrogens with zero attached hydrogens (tertiary/aromatic N) is 1. The van der Waals surface area contributed by atoms with Gasteiger partial charge in [-0.25, -0.2) is 4.39 Å². The fourth-order valence-electron chi connectivity index (χ4n) is 2.06. The van der Waals surface area contributed by atoms with E-state index >= 15 is 0 Å². The molecule has 5 heteroatoms. The molecule has 19 heavy (non-hydrogen) atoms. The molecule has 0 unspecified atom stereocenters. The topological polar surface area (TPSA) is 57.6 Å². The van der Waals surface area contributed by atoms with Gasteiger partial charge in [0.15, 0.2) is 0 Å². The van der Waals surface area contributed by atoms with Crippen LogP contribution in [0.5, 0.6) is 0 Å². The fraction of sp³-hybridized carbons (Fsp3) is 0.429. The van der Waals surface area contributed by atoms with Gasteiger partial charge in [0.25, 0.3) is 0 Å². The lowest BCUT2D eigenvalue weighted by Crippen LogP contribution is -2.39. The van der Waals surface area contributed by atoms with Crippen LogP contribution in [0.4, 0.5) is 4.39 Å². The minimum atomic E-state index is -1.18. The van der Waals surface area contributed by atoms with Crippen molar-refractivity contribution in [1.29, 1.82) is 0 Å². The SMILES string of the molecule is CN(CCc1ccc(F)cc1)C(=O)C1(C(=O)O)CC1. The van der Waals surface area contributed by atoms with Crippen LogP contribution < -0.4 is 0 Å². The summed E-state index contributed by atoms with van der Waals surface area (Å²) in [5.41, 5.74) is -0.265. The average molecular weight is 265 g/mol. The predicted molar refractivity (Wildman–Crippen MR) is 67.0 cm³/mol. The van der Waals surface area contributed by atoms with Crippen LogP contribution in [0.3, 0.4) is 0 Å². The van der Waals surface area contributed by atoms with Gasteiger partial charge in [-0.3, -0.25) is 9.59 Å². The van der Waals surface area contributed by atoms with Crippen molar-refractivity contribution in [1.82, 2.24) is 4.90 Å². The molecule has 1 saturated carbocycles. The van der Waals surface area contributed by atoms with E-state index in [1.54, 1.807) is 19.2 Å². The molecule has 1 aliphatic rings. The molecule has 1 aromatic carbocycles. The number of rotatable bonds is 5. The molecule has 4 nitrogen and oxygen atoms in total. The minimum Gasteiger partial charge on any atom is -0.480 e. The molecule has 2 rings (SSSR count). The number of carbonyl (C=O) groups is 2. The monoisotopic (exact) mass is 265 g/mol. The quantitative estimate of drug-likeness (QED) is 0.824. The molecular weight excluding hydrogens is 249 g/mol. The Morgan fingerprint density at radius 2 is 1.89 bits per heavy atom. The van der Waals surface area contributed by atoms with E-state index in [1.807, 2.05) is 0 Å². The lowest BCUT2D eigenvalue weighted by atomic mass is 10.1. The largest absolute Gasteiger partial charge is 0.480 e. The first-order valence-electron chi connectivity index (χ1n) is 6.19. The molecule has 0 aromatic heterocycles. The van der Waals surface area contributed by atoms with Gasteiger partial charge < -0.3 is 10.0 Å². The standard InChI is InChI=1S/C14H16FNO3/c1-16(12(17)14(7-8-14)13(18)19)9-6-10-2-4-11(15)5-3-10/h2-5H,6-9H2,1H3,(H,18,19). The molecule has 102 valence electrons. The van der Waals surface area contributed by atoms with E-state index < -0.39 is 11.4 Å². The summed E-state index contributed by atoms with van der Waals surface area (Å²) in [4.78, 5) is 24.5. The molecule has 0 aliphatic heterocycles. The first kappa shape index (κ1) is 13.5. The van der Waals surface area contributed by atoms with Gasteiger partial charge in [-0.05, 0) is 37.0 Å². The molecule has 1 amide bonds. The summed E-state index contributed by atoms with van der Waals surface area (Å²) in [5, 5.41) is 9.05. The van der Waals surface area contributed by atoms with Crippen molar-refractivity contribution in [3.63, 3.8) is 0 Å². The van der Waals surface area contributed by atoms with Crippen molar-refractivity contribution in [2.45, 2.75) is 19.3 Å². The number of hydrogen-bond acceptors (Lipinski definition) is 2. The fourth-order valence-corrected chi connectivity index (χ4v) is 2.06. The smallest absolute Gasteiger partial charge is 0.319 e. The Morgan fingerprint density at radius 1 is 1.32 bits per heavy atom. The second-order valence-corrected chi connectivity index (χ2v) is 4.99. The number of likely N-dealkylation sites (N-methyl/N-ethyl adjacent to an activating group) is 1. The highest BCUT2D eigenvalue weighted by atomic mass is 19.1. The molecule has 1 fully saturated rings. The van der Waals surface area contributed by atoms with E-state index in [0.717, 1.165) is 5.56 Å². The van der Waals surface area contributed by atoms with Gasteiger partial charge >= 0.3 is 5.97 Å². The molecule has 0 heterocycles. The van der Waals surface area contributed by atoms with E-state index in [0.29, 0.717) is 25.8 Å². The summed E-state index contributed by atoms with van der Waals surface area (Å²) in [7, 11) is 1.61. The highest BCUT2D eigenvalue weighted by Gasteiger charge is 2.58. The lowest BCUT2D eigenvalue weighted by molar-refractivity contribution is -0.152. The minimum absolute atomic E-state index is 0.295. The first-order chi connectivity index (χ1) is 8.95. The number of carboxylic acids is 1. The number of benzene rings is 1. The Kier molecular flexibility index (Phi) is 3.55. The number of aliphatic carboxylic acids is 1. The molecule has 1 aliphatic carbocycles. The molecule has 1 N–H and O–H groups in total. The van der Waals surface area contributed by atoms with Gasteiger partial charge in [0.05, 0.1) is 0 Å². The summed E-state index contributed by atoms with van der Waals surface area (Å²) >= 11 is 0. The van der Waals surface area contributed by atoms with E-state index in [2.05, 4.69) is 0 Å². The van der Waals surface area contributed by atoms with Gasteiger partial charge in [-0.1, -0.05) is 12.1 Å². The Morgan fingerprint density at radius 3 is 2.37 bits per heavy atom. The average Bonchev–Trinajstić information content (AvgIpc) is 3.18. The predicted octanol–water partition coefficient (Wildman–Crippen LogP) is 1.69. The molecule has 0 spiro atoms. The number of carboxylic acid groups (broad SMARTS) is 1. The number of carbonyl (C=O) groups excluding carboxylic acids is 1.